The molecule has 2 heteroatoms. The minimum atomic E-state index is 0.212. The molecule has 0 amide bonds. The number of rotatable bonds is 20. The van der Waals surface area contributed by atoms with Crippen molar-refractivity contribution < 1.29 is 4.74 Å². The molecular formula is C23H49NO. The summed E-state index contributed by atoms with van der Waals surface area (Å²) in [7, 11) is 0. The van der Waals surface area contributed by atoms with Gasteiger partial charge in [-0.25, -0.2) is 0 Å². The Balaban J connectivity index is 3.25. The van der Waals surface area contributed by atoms with Gasteiger partial charge in [0, 0.05) is 12.1 Å². The quantitative estimate of drug-likeness (QED) is 0.179. The van der Waals surface area contributed by atoms with Gasteiger partial charge in [0.1, 0.15) is 0 Å². The second kappa shape index (κ2) is 18.7. The molecule has 0 rings (SSSR count). The van der Waals surface area contributed by atoms with Crippen LogP contribution in [0.5, 0.6) is 0 Å². The van der Waals surface area contributed by atoms with Crippen molar-refractivity contribution in [3.8, 4) is 0 Å². The van der Waals surface area contributed by atoms with Gasteiger partial charge in [-0.15, -0.1) is 0 Å². The molecule has 0 saturated carbocycles. The third-order valence-electron chi connectivity index (χ3n) is 5.20. The molecule has 25 heavy (non-hydrogen) atoms. The molecule has 1 N–H and O–H groups in total. The lowest BCUT2D eigenvalue weighted by atomic mass is 9.96. The van der Waals surface area contributed by atoms with Crippen LogP contribution in [-0.2, 0) is 4.74 Å². The Kier molecular flexibility index (Phi) is 18.6. The number of hydrogen-bond donors (Lipinski definition) is 1. The summed E-state index contributed by atoms with van der Waals surface area (Å²) >= 11 is 0. The predicted octanol–water partition coefficient (Wildman–Crippen LogP) is 7.61. The molecule has 0 aromatic carbocycles. The molecule has 0 spiro atoms. The normalized spacial score (nSPS) is 12.0. The van der Waals surface area contributed by atoms with Crippen molar-refractivity contribution in [3.05, 3.63) is 0 Å². The topological polar surface area (TPSA) is 21.3 Å². The highest BCUT2D eigenvalue weighted by Crippen LogP contribution is 2.15. The molecule has 0 saturated heterocycles. The largest absolute Gasteiger partial charge is 0.366 e. The van der Waals surface area contributed by atoms with E-state index >= 15 is 0 Å². The molecule has 2 nitrogen and oxygen atoms in total. The maximum Gasteiger partial charge on any atom is 0.0969 e. The van der Waals surface area contributed by atoms with Crippen LogP contribution in [-0.4, -0.2) is 18.9 Å². The molecule has 0 fully saturated rings. The standard InChI is InChI=1S/C23H49NO/c1-5-7-9-11-12-13-14-15-17-19-21-25-22-24-23(3,4)20-18-16-10-8-6-2/h24H,5-22H2,1-4H3. The van der Waals surface area contributed by atoms with Gasteiger partial charge in [-0.3, -0.25) is 5.32 Å². The molecule has 0 radical (unpaired) electrons. The maximum absolute atomic E-state index is 5.78. The van der Waals surface area contributed by atoms with E-state index in [0.717, 1.165) is 6.61 Å². The summed E-state index contributed by atoms with van der Waals surface area (Å²) in [6.45, 7) is 10.8. The van der Waals surface area contributed by atoms with Crippen LogP contribution in [0.25, 0.3) is 0 Å². The zero-order chi connectivity index (χ0) is 18.6. The van der Waals surface area contributed by atoms with Crippen molar-refractivity contribution in [2.75, 3.05) is 13.3 Å². The number of nitrogens with one attached hydrogen (secondary N) is 1. The van der Waals surface area contributed by atoms with Gasteiger partial charge in [0.2, 0.25) is 0 Å². The van der Waals surface area contributed by atoms with Gasteiger partial charge < -0.3 is 4.74 Å². The van der Waals surface area contributed by atoms with E-state index < -0.39 is 0 Å². The lowest BCUT2D eigenvalue weighted by Crippen LogP contribution is -2.40. The van der Waals surface area contributed by atoms with Crippen molar-refractivity contribution in [1.29, 1.82) is 0 Å². The predicted molar refractivity (Wildman–Crippen MR) is 113 cm³/mol. The van der Waals surface area contributed by atoms with E-state index in [9.17, 15) is 0 Å². The minimum Gasteiger partial charge on any atom is -0.366 e. The summed E-state index contributed by atoms with van der Waals surface area (Å²) < 4.78 is 5.78. The molecule has 152 valence electrons. The van der Waals surface area contributed by atoms with Crippen molar-refractivity contribution in [2.45, 2.75) is 136 Å². The van der Waals surface area contributed by atoms with Crippen molar-refractivity contribution in [3.63, 3.8) is 0 Å². The Morgan fingerprint density at radius 1 is 0.600 bits per heavy atom. The van der Waals surface area contributed by atoms with Gasteiger partial charge in [0.15, 0.2) is 0 Å². The van der Waals surface area contributed by atoms with E-state index in [-0.39, 0.29) is 5.54 Å². The van der Waals surface area contributed by atoms with E-state index in [1.807, 2.05) is 0 Å². The molecule has 0 unspecified atom stereocenters. The lowest BCUT2D eigenvalue weighted by molar-refractivity contribution is 0.0900. The zero-order valence-corrected chi connectivity index (χ0v) is 18.1. The Morgan fingerprint density at radius 2 is 1.04 bits per heavy atom. The van der Waals surface area contributed by atoms with Crippen molar-refractivity contribution in [1.82, 2.24) is 5.32 Å². The van der Waals surface area contributed by atoms with E-state index in [4.69, 9.17) is 4.74 Å². The highest BCUT2D eigenvalue weighted by atomic mass is 16.5. The maximum atomic E-state index is 5.78. The SMILES string of the molecule is CCCCCCCCCCCCOCNC(C)(C)CCCCCCC. The first-order valence-corrected chi connectivity index (χ1v) is 11.4. The highest BCUT2D eigenvalue weighted by Gasteiger charge is 2.15. The van der Waals surface area contributed by atoms with Gasteiger partial charge >= 0.3 is 0 Å². The first kappa shape index (κ1) is 24.9. The molecule has 0 heterocycles. The van der Waals surface area contributed by atoms with E-state index in [0.29, 0.717) is 6.73 Å². The molecule has 0 aliphatic heterocycles. The third kappa shape index (κ3) is 20.1. The Morgan fingerprint density at radius 3 is 1.56 bits per heavy atom. The summed E-state index contributed by atoms with van der Waals surface area (Å²) in [5.41, 5.74) is 0.212. The number of unbranched alkanes of at least 4 members (excludes halogenated alkanes) is 13. The van der Waals surface area contributed by atoms with E-state index in [2.05, 4.69) is 33.0 Å². The minimum absolute atomic E-state index is 0.212. The zero-order valence-electron chi connectivity index (χ0n) is 18.1. The molecular weight excluding hydrogens is 306 g/mol. The second-order valence-electron chi connectivity index (χ2n) is 8.46. The first-order chi connectivity index (χ1) is 12.1. The fraction of sp³-hybridized carbons (Fsp3) is 1.00. The first-order valence-electron chi connectivity index (χ1n) is 11.4. The summed E-state index contributed by atoms with van der Waals surface area (Å²) in [4.78, 5) is 0. The van der Waals surface area contributed by atoms with Crippen molar-refractivity contribution >= 4 is 0 Å². The fourth-order valence-corrected chi connectivity index (χ4v) is 3.27. The van der Waals surface area contributed by atoms with Crippen LogP contribution >= 0.6 is 0 Å². The summed E-state index contributed by atoms with van der Waals surface area (Å²) in [6, 6.07) is 0. The molecule has 0 bridgehead atoms. The second-order valence-corrected chi connectivity index (χ2v) is 8.46. The van der Waals surface area contributed by atoms with Crippen LogP contribution in [0.4, 0.5) is 0 Å². The van der Waals surface area contributed by atoms with Crippen LogP contribution in [0.1, 0.15) is 130 Å². The summed E-state index contributed by atoms with van der Waals surface area (Å²) in [5.74, 6) is 0. The highest BCUT2D eigenvalue weighted by molar-refractivity contribution is 4.75. The van der Waals surface area contributed by atoms with Crippen LogP contribution in [0.15, 0.2) is 0 Å². The van der Waals surface area contributed by atoms with Crippen LogP contribution < -0.4 is 5.32 Å². The van der Waals surface area contributed by atoms with Gasteiger partial charge in [-0.2, -0.15) is 0 Å². The smallest absolute Gasteiger partial charge is 0.0969 e. The van der Waals surface area contributed by atoms with E-state index in [1.54, 1.807) is 0 Å². The Hall–Kier alpha value is -0.0800. The Labute approximate surface area is 159 Å². The monoisotopic (exact) mass is 355 g/mol. The van der Waals surface area contributed by atoms with Gasteiger partial charge in [0.25, 0.3) is 0 Å². The molecule has 0 aromatic heterocycles. The molecule has 0 atom stereocenters. The fourth-order valence-electron chi connectivity index (χ4n) is 3.27. The van der Waals surface area contributed by atoms with Crippen LogP contribution in [0, 0.1) is 0 Å². The summed E-state index contributed by atoms with van der Waals surface area (Å²) in [5, 5.41) is 3.56. The van der Waals surface area contributed by atoms with Gasteiger partial charge in [-0.05, 0) is 26.7 Å². The van der Waals surface area contributed by atoms with Crippen molar-refractivity contribution in [2.24, 2.45) is 0 Å². The third-order valence-corrected chi connectivity index (χ3v) is 5.20. The van der Waals surface area contributed by atoms with Gasteiger partial charge in [0.05, 0.1) is 6.73 Å². The van der Waals surface area contributed by atoms with Gasteiger partial charge in [-0.1, -0.05) is 104 Å². The van der Waals surface area contributed by atoms with Crippen LogP contribution in [0.2, 0.25) is 0 Å². The summed E-state index contributed by atoms with van der Waals surface area (Å²) in [6.07, 6.45) is 21.9. The van der Waals surface area contributed by atoms with E-state index in [1.165, 1.54) is 103 Å². The lowest BCUT2D eigenvalue weighted by Gasteiger charge is -2.26. The average molecular weight is 356 g/mol. The molecule has 0 aliphatic rings. The number of ether oxygens (including phenoxy) is 1. The Bertz CT molecular complexity index is 252. The average Bonchev–Trinajstić information content (AvgIpc) is 2.58. The molecule has 0 aliphatic carbocycles. The molecule has 0 aromatic rings. The van der Waals surface area contributed by atoms with Crippen LogP contribution in [0.3, 0.4) is 0 Å². The number of hydrogen-bond acceptors (Lipinski definition) is 2.